The summed E-state index contributed by atoms with van der Waals surface area (Å²) in [5.74, 6) is 1.37. The molecule has 1 aliphatic heterocycles. The lowest BCUT2D eigenvalue weighted by Crippen LogP contribution is -2.44. The van der Waals surface area contributed by atoms with Crippen molar-refractivity contribution in [3.63, 3.8) is 0 Å². The van der Waals surface area contributed by atoms with Gasteiger partial charge >= 0.3 is 0 Å². The third-order valence-electron chi connectivity index (χ3n) is 4.93. The average Bonchev–Trinajstić information content (AvgIpc) is 2.71. The molecule has 0 atom stereocenters. The Hall–Kier alpha value is -2.24. The van der Waals surface area contributed by atoms with Crippen LogP contribution in [0, 0.1) is 0 Å². The van der Waals surface area contributed by atoms with E-state index >= 15 is 0 Å². The molecule has 3 rings (SSSR count). The van der Waals surface area contributed by atoms with Gasteiger partial charge < -0.3 is 14.8 Å². The molecule has 1 heterocycles. The zero-order valence-electron chi connectivity index (χ0n) is 16.2. The summed E-state index contributed by atoms with van der Waals surface area (Å²) in [6.45, 7) is 3.21. The second-order valence-corrected chi connectivity index (χ2v) is 7.43. The molecule has 0 aromatic heterocycles. The van der Waals surface area contributed by atoms with Gasteiger partial charge in [0.2, 0.25) is 5.91 Å². The highest BCUT2D eigenvalue weighted by Crippen LogP contribution is 2.25. The van der Waals surface area contributed by atoms with Gasteiger partial charge in [-0.2, -0.15) is 0 Å². The molecule has 1 aliphatic rings. The molecule has 0 radical (unpaired) electrons. The molecule has 0 bridgehead atoms. The first kappa shape index (κ1) is 20.5. The van der Waals surface area contributed by atoms with Gasteiger partial charge in [0.15, 0.2) is 11.5 Å². The van der Waals surface area contributed by atoms with Crippen LogP contribution in [0.15, 0.2) is 48.5 Å². The third-order valence-corrected chi connectivity index (χ3v) is 5.18. The Bertz CT molecular complexity index is 759. The lowest BCUT2D eigenvalue weighted by atomic mass is 10.0. The highest BCUT2D eigenvalue weighted by atomic mass is 35.5. The van der Waals surface area contributed by atoms with Crippen molar-refractivity contribution in [1.82, 2.24) is 10.2 Å². The van der Waals surface area contributed by atoms with E-state index in [2.05, 4.69) is 22.3 Å². The quantitative estimate of drug-likeness (QED) is 0.727. The molecule has 1 N–H and O–H groups in total. The van der Waals surface area contributed by atoms with Crippen molar-refractivity contribution in [2.75, 3.05) is 26.8 Å². The number of piperidine rings is 1. The topological polar surface area (TPSA) is 50.8 Å². The summed E-state index contributed by atoms with van der Waals surface area (Å²) in [7, 11) is 1.61. The summed E-state index contributed by atoms with van der Waals surface area (Å²) in [5.41, 5.74) is 1.26. The van der Waals surface area contributed by atoms with E-state index in [1.165, 1.54) is 5.56 Å². The van der Waals surface area contributed by atoms with Crippen LogP contribution < -0.4 is 14.8 Å². The SMILES string of the molecule is COc1ccccc1OCCC(=O)NC1CCN(Cc2ccc(Cl)cc2)CC1. The van der Waals surface area contributed by atoms with Crippen molar-refractivity contribution < 1.29 is 14.3 Å². The number of benzene rings is 2. The van der Waals surface area contributed by atoms with Crippen LogP contribution in [-0.4, -0.2) is 43.7 Å². The molecule has 0 unspecified atom stereocenters. The number of amides is 1. The predicted molar refractivity (Wildman–Crippen MR) is 111 cm³/mol. The zero-order valence-corrected chi connectivity index (χ0v) is 17.0. The van der Waals surface area contributed by atoms with Crippen LogP contribution in [-0.2, 0) is 11.3 Å². The molecule has 2 aromatic rings. The molecular weight excluding hydrogens is 376 g/mol. The summed E-state index contributed by atoms with van der Waals surface area (Å²) in [6, 6.07) is 15.7. The first-order valence-electron chi connectivity index (χ1n) is 9.66. The lowest BCUT2D eigenvalue weighted by molar-refractivity contribution is -0.122. The average molecular weight is 403 g/mol. The van der Waals surface area contributed by atoms with Gasteiger partial charge in [-0.25, -0.2) is 0 Å². The Morgan fingerprint density at radius 1 is 1.11 bits per heavy atom. The Labute approximate surface area is 171 Å². The molecule has 28 heavy (non-hydrogen) atoms. The molecule has 2 aromatic carbocycles. The maximum Gasteiger partial charge on any atom is 0.223 e. The minimum absolute atomic E-state index is 0.0334. The van der Waals surface area contributed by atoms with E-state index < -0.39 is 0 Å². The van der Waals surface area contributed by atoms with Crippen molar-refractivity contribution in [2.45, 2.75) is 31.8 Å². The fourth-order valence-electron chi connectivity index (χ4n) is 3.37. The number of hydrogen-bond acceptors (Lipinski definition) is 4. The van der Waals surface area contributed by atoms with Crippen molar-refractivity contribution >= 4 is 17.5 Å². The molecule has 5 nitrogen and oxygen atoms in total. The molecule has 0 saturated carbocycles. The van der Waals surface area contributed by atoms with Crippen LogP contribution in [0.25, 0.3) is 0 Å². The van der Waals surface area contributed by atoms with Crippen molar-refractivity contribution in [2.24, 2.45) is 0 Å². The summed E-state index contributed by atoms with van der Waals surface area (Å²) >= 11 is 5.94. The molecule has 6 heteroatoms. The van der Waals surface area contributed by atoms with E-state index in [1.807, 2.05) is 36.4 Å². The second kappa shape index (κ2) is 10.3. The van der Waals surface area contributed by atoms with Gasteiger partial charge in [-0.1, -0.05) is 35.9 Å². The van der Waals surface area contributed by atoms with E-state index in [0.717, 1.165) is 37.5 Å². The number of methoxy groups -OCH3 is 1. The van der Waals surface area contributed by atoms with Crippen molar-refractivity contribution in [1.29, 1.82) is 0 Å². The number of likely N-dealkylation sites (tertiary alicyclic amines) is 1. The van der Waals surface area contributed by atoms with Gasteiger partial charge in [-0.3, -0.25) is 9.69 Å². The second-order valence-electron chi connectivity index (χ2n) is 6.99. The minimum atomic E-state index is 0.0334. The first-order chi connectivity index (χ1) is 13.6. The van der Waals surface area contributed by atoms with E-state index in [1.54, 1.807) is 7.11 Å². The van der Waals surface area contributed by atoms with Gasteiger partial charge in [0.05, 0.1) is 20.1 Å². The fraction of sp³-hybridized carbons (Fsp3) is 0.409. The van der Waals surface area contributed by atoms with Crippen molar-refractivity contribution in [3.8, 4) is 11.5 Å². The fourth-order valence-corrected chi connectivity index (χ4v) is 3.50. The lowest BCUT2D eigenvalue weighted by Gasteiger charge is -2.32. The van der Waals surface area contributed by atoms with Gasteiger partial charge in [-0.15, -0.1) is 0 Å². The number of para-hydroxylation sites is 2. The molecule has 150 valence electrons. The molecule has 0 aliphatic carbocycles. The predicted octanol–water partition coefficient (Wildman–Crippen LogP) is 3.90. The van der Waals surface area contributed by atoms with Gasteiger partial charge in [0, 0.05) is 30.7 Å². The summed E-state index contributed by atoms with van der Waals surface area (Å²) < 4.78 is 10.9. The molecule has 1 fully saturated rings. The zero-order chi connectivity index (χ0) is 19.8. The standard InChI is InChI=1S/C22H27ClN2O3/c1-27-20-4-2-3-5-21(20)28-15-12-22(26)24-19-10-13-25(14-11-19)16-17-6-8-18(23)9-7-17/h2-9,19H,10-16H2,1H3,(H,24,26). The van der Waals surface area contributed by atoms with E-state index in [4.69, 9.17) is 21.1 Å². The van der Waals surface area contributed by atoms with Crippen LogP contribution in [0.4, 0.5) is 0 Å². The van der Waals surface area contributed by atoms with Crippen molar-refractivity contribution in [3.05, 3.63) is 59.1 Å². The largest absolute Gasteiger partial charge is 0.493 e. The third kappa shape index (κ3) is 6.14. The molecular formula is C22H27ClN2O3. The number of carbonyl (C=O) groups excluding carboxylic acids is 1. The van der Waals surface area contributed by atoms with Gasteiger partial charge in [-0.05, 0) is 42.7 Å². The van der Waals surface area contributed by atoms with E-state index in [9.17, 15) is 4.79 Å². The van der Waals surface area contributed by atoms with E-state index in [-0.39, 0.29) is 11.9 Å². The van der Waals surface area contributed by atoms with Gasteiger partial charge in [0.1, 0.15) is 0 Å². The summed E-state index contributed by atoms with van der Waals surface area (Å²) in [4.78, 5) is 14.6. The Balaban J connectivity index is 1.35. The number of hydrogen-bond donors (Lipinski definition) is 1. The minimum Gasteiger partial charge on any atom is -0.493 e. The number of halogens is 1. The van der Waals surface area contributed by atoms with Crippen LogP contribution in [0.3, 0.4) is 0 Å². The smallest absolute Gasteiger partial charge is 0.223 e. The number of nitrogens with one attached hydrogen (secondary N) is 1. The Kier molecular flexibility index (Phi) is 7.57. The van der Waals surface area contributed by atoms with Crippen LogP contribution >= 0.6 is 11.6 Å². The monoisotopic (exact) mass is 402 g/mol. The highest BCUT2D eigenvalue weighted by Gasteiger charge is 2.20. The number of carbonyl (C=O) groups is 1. The Morgan fingerprint density at radius 2 is 1.79 bits per heavy atom. The van der Waals surface area contributed by atoms with Crippen LogP contribution in [0.2, 0.25) is 5.02 Å². The van der Waals surface area contributed by atoms with E-state index in [0.29, 0.717) is 24.5 Å². The normalized spacial score (nSPS) is 15.2. The molecule has 0 spiro atoms. The van der Waals surface area contributed by atoms with Crippen LogP contribution in [0.5, 0.6) is 11.5 Å². The summed E-state index contributed by atoms with van der Waals surface area (Å²) in [5, 5.41) is 3.90. The van der Waals surface area contributed by atoms with Gasteiger partial charge in [0.25, 0.3) is 0 Å². The number of ether oxygens (including phenoxy) is 2. The Morgan fingerprint density at radius 3 is 2.46 bits per heavy atom. The molecule has 1 saturated heterocycles. The first-order valence-corrected chi connectivity index (χ1v) is 10.0. The number of nitrogens with zero attached hydrogens (tertiary/aromatic N) is 1. The number of rotatable bonds is 8. The summed E-state index contributed by atoms with van der Waals surface area (Å²) in [6.07, 6.45) is 2.27. The molecule has 1 amide bonds. The maximum absolute atomic E-state index is 12.2. The maximum atomic E-state index is 12.2. The van der Waals surface area contributed by atoms with Crippen LogP contribution in [0.1, 0.15) is 24.8 Å². The highest BCUT2D eigenvalue weighted by molar-refractivity contribution is 6.30.